The number of hydrogen-bond donors (Lipinski definition) is 2. The molecule has 130 valence electrons. The van der Waals surface area contributed by atoms with Gasteiger partial charge in [0, 0.05) is 31.7 Å². The van der Waals surface area contributed by atoms with Gasteiger partial charge in [0.15, 0.2) is 5.76 Å². The van der Waals surface area contributed by atoms with Crippen molar-refractivity contribution in [1.82, 2.24) is 20.4 Å². The zero-order valence-corrected chi connectivity index (χ0v) is 14.3. The van der Waals surface area contributed by atoms with Crippen molar-refractivity contribution in [3.05, 3.63) is 41.6 Å². The summed E-state index contributed by atoms with van der Waals surface area (Å²) in [4.78, 5) is 23.5. The molecule has 2 aromatic heterocycles. The minimum absolute atomic E-state index is 0.0880. The maximum atomic E-state index is 11.8. The summed E-state index contributed by atoms with van der Waals surface area (Å²) in [5.41, 5.74) is 2.11. The average Bonchev–Trinajstić information content (AvgIpc) is 3.15. The molecule has 7 heteroatoms. The van der Waals surface area contributed by atoms with E-state index in [4.69, 9.17) is 4.42 Å². The van der Waals surface area contributed by atoms with E-state index >= 15 is 0 Å². The number of rotatable bonds is 8. The van der Waals surface area contributed by atoms with Gasteiger partial charge in [-0.1, -0.05) is 6.92 Å². The third-order valence-corrected chi connectivity index (χ3v) is 3.62. The van der Waals surface area contributed by atoms with Crippen molar-refractivity contribution < 1.29 is 14.0 Å². The summed E-state index contributed by atoms with van der Waals surface area (Å²) in [6.45, 7) is 7.66. The molecule has 0 aliphatic rings. The molecule has 2 aromatic rings. The monoisotopic (exact) mass is 332 g/mol. The summed E-state index contributed by atoms with van der Waals surface area (Å²) in [7, 11) is 0. The molecule has 2 rings (SSSR count). The van der Waals surface area contributed by atoms with Crippen LogP contribution < -0.4 is 10.6 Å². The van der Waals surface area contributed by atoms with Crippen LogP contribution in [-0.2, 0) is 11.3 Å². The first-order chi connectivity index (χ1) is 11.5. The van der Waals surface area contributed by atoms with Gasteiger partial charge in [0.25, 0.3) is 5.91 Å². The Morgan fingerprint density at radius 1 is 1.33 bits per heavy atom. The highest BCUT2D eigenvalue weighted by molar-refractivity contribution is 5.91. The molecule has 2 amide bonds. The minimum atomic E-state index is -0.314. The van der Waals surface area contributed by atoms with Gasteiger partial charge >= 0.3 is 0 Å². The number of hydrogen-bond acceptors (Lipinski definition) is 4. The Bertz CT molecular complexity index is 676. The molecule has 2 heterocycles. The highest BCUT2D eigenvalue weighted by Gasteiger charge is 2.11. The molecule has 0 aliphatic carbocycles. The smallest absolute Gasteiger partial charge is 0.286 e. The number of nitrogens with one attached hydrogen (secondary N) is 2. The first kappa shape index (κ1) is 17.8. The molecular weight excluding hydrogens is 308 g/mol. The van der Waals surface area contributed by atoms with E-state index in [0.29, 0.717) is 6.54 Å². The van der Waals surface area contributed by atoms with Crippen LogP contribution in [0.25, 0.3) is 0 Å². The van der Waals surface area contributed by atoms with Crippen LogP contribution in [0.3, 0.4) is 0 Å². The molecule has 0 fully saturated rings. The van der Waals surface area contributed by atoms with Gasteiger partial charge in [-0.3, -0.25) is 14.3 Å². The number of nitrogens with zero attached hydrogens (tertiary/aromatic N) is 2. The Hall–Kier alpha value is -2.57. The van der Waals surface area contributed by atoms with Crippen LogP contribution in [0.5, 0.6) is 0 Å². The van der Waals surface area contributed by atoms with Crippen molar-refractivity contribution in [2.75, 3.05) is 13.1 Å². The van der Waals surface area contributed by atoms with Crippen LogP contribution in [0.4, 0.5) is 0 Å². The zero-order valence-electron chi connectivity index (χ0n) is 14.3. The second-order valence-corrected chi connectivity index (χ2v) is 6.00. The van der Waals surface area contributed by atoms with Crippen molar-refractivity contribution in [1.29, 1.82) is 0 Å². The van der Waals surface area contributed by atoms with Crippen molar-refractivity contribution in [3.63, 3.8) is 0 Å². The molecule has 0 spiro atoms. The molecule has 0 saturated carbocycles. The Morgan fingerprint density at radius 2 is 2.12 bits per heavy atom. The molecule has 1 atom stereocenters. The first-order valence-corrected chi connectivity index (χ1v) is 8.05. The van der Waals surface area contributed by atoms with Gasteiger partial charge in [-0.2, -0.15) is 5.10 Å². The van der Waals surface area contributed by atoms with E-state index in [2.05, 4.69) is 22.7 Å². The topological polar surface area (TPSA) is 89.2 Å². The van der Waals surface area contributed by atoms with Crippen molar-refractivity contribution in [2.24, 2.45) is 5.92 Å². The predicted octanol–water partition coefficient (Wildman–Crippen LogP) is 1.67. The Morgan fingerprint density at radius 3 is 2.75 bits per heavy atom. The molecule has 2 N–H and O–H groups in total. The summed E-state index contributed by atoms with van der Waals surface area (Å²) in [6, 6.07) is 5.26. The average molecular weight is 332 g/mol. The Labute approximate surface area is 141 Å². The van der Waals surface area contributed by atoms with E-state index < -0.39 is 0 Å². The van der Waals surface area contributed by atoms with E-state index in [9.17, 15) is 9.59 Å². The second kappa shape index (κ2) is 8.33. The van der Waals surface area contributed by atoms with Gasteiger partial charge in [0.05, 0.1) is 12.0 Å². The Balaban J connectivity index is 1.64. The van der Waals surface area contributed by atoms with Crippen LogP contribution in [0.2, 0.25) is 0 Å². The van der Waals surface area contributed by atoms with Crippen LogP contribution >= 0.6 is 0 Å². The molecule has 0 radical (unpaired) electrons. The van der Waals surface area contributed by atoms with Crippen LogP contribution in [0.15, 0.2) is 28.9 Å². The number of carbonyl (C=O) groups excluding carboxylic acids is 2. The van der Waals surface area contributed by atoms with E-state index in [0.717, 1.165) is 17.9 Å². The zero-order chi connectivity index (χ0) is 17.5. The standard InChI is InChI=1S/C17H24N4O3/c1-12(11-21-14(3)9-13(2)20-21)10-19-16(22)6-7-18-17(23)15-5-4-8-24-15/h4-5,8-9,12H,6-7,10-11H2,1-3H3,(H,18,23)(H,19,22)/t12-/m1/s1. The summed E-state index contributed by atoms with van der Waals surface area (Å²) in [5.74, 6) is 0.110. The Kier molecular flexibility index (Phi) is 6.17. The van der Waals surface area contributed by atoms with Crippen molar-refractivity contribution in [3.8, 4) is 0 Å². The van der Waals surface area contributed by atoms with Gasteiger partial charge < -0.3 is 15.1 Å². The van der Waals surface area contributed by atoms with Gasteiger partial charge in [-0.25, -0.2) is 0 Å². The van der Waals surface area contributed by atoms with Crippen molar-refractivity contribution >= 4 is 11.8 Å². The fourth-order valence-electron chi connectivity index (χ4n) is 2.38. The lowest BCUT2D eigenvalue weighted by Crippen LogP contribution is -2.33. The number of amides is 2. The van der Waals surface area contributed by atoms with E-state index in [1.807, 2.05) is 24.6 Å². The summed E-state index contributed by atoms with van der Waals surface area (Å²) in [6.07, 6.45) is 1.67. The van der Waals surface area contributed by atoms with Gasteiger partial charge in [0.1, 0.15) is 0 Å². The lowest BCUT2D eigenvalue weighted by molar-refractivity contribution is -0.121. The maximum Gasteiger partial charge on any atom is 0.286 e. The largest absolute Gasteiger partial charge is 0.459 e. The molecule has 0 unspecified atom stereocenters. The number of aromatic nitrogens is 2. The van der Waals surface area contributed by atoms with Crippen molar-refractivity contribution in [2.45, 2.75) is 33.7 Å². The van der Waals surface area contributed by atoms with E-state index in [1.54, 1.807) is 12.1 Å². The van der Waals surface area contributed by atoms with E-state index in [-0.39, 0.29) is 36.5 Å². The lowest BCUT2D eigenvalue weighted by Gasteiger charge is -2.14. The summed E-state index contributed by atoms with van der Waals surface area (Å²) in [5, 5.41) is 9.95. The summed E-state index contributed by atoms with van der Waals surface area (Å²) >= 11 is 0. The second-order valence-electron chi connectivity index (χ2n) is 6.00. The third kappa shape index (κ3) is 5.26. The molecular formula is C17H24N4O3. The fourth-order valence-corrected chi connectivity index (χ4v) is 2.38. The molecule has 0 bridgehead atoms. The normalized spacial score (nSPS) is 12.0. The quantitative estimate of drug-likeness (QED) is 0.769. The summed E-state index contributed by atoms with van der Waals surface area (Å²) < 4.78 is 6.93. The van der Waals surface area contributed by atoms with Gasteiger partial charge in [0.2, 0.25) is 5.91 Å². The van der Waals surface area contributed by atoms with E-state index in [1.165, 1.54) is 6.26 Å². The van der Waals surface area contributed by atoms with Crippen LogP contribution in [0.1, 0.15) is 35.3 Å². The first-order valence-electron chi connectivity index (χ1n) is 8.05. The van der Waals surface area contributed by atoms with Gasteiger partial charge in [-0.15, -0.1) is 0 Å². The SMILES string of the molecule is Cc1cc(C)n(C[C@H](C)CNC(=O)CCNC(=O)c2ccco2)n1. The third-order valence-electron chi connectivity index (χ3n) is 3.62. The molecule has 0 saturated heterocycles. The predicted molar refractivity (Wildman–Crippen MR) is 89.5 cm³/mol. The lowest BCUT2D eigenvalue weighted by atomic mass is 10.2. The maximum absolute atomic E-state index is 11.8. The molecule has 0 aliphatic heterocycles. The molecule has 0 aromatic carbocycles. The number of carbonyl (C=O) groups is 2. The fraction of sp³-hybridized carbons (Fsp3) is 0.471. The molecule has 7 nitrogen and oxygen atoms in total. The van der Waals surface area contributed by atoms with Crippen LogP contribution in [-0.4, -0.2) is 34.7 Å². The number of furan rings is 1. The highest BCUT2D eigenvalue weighted by Crippen LogP contribution is 2.06. The van der Waals surface area contributed by atoms with Crippen LogP contribution in [0, 0.1) is 19.8 Å². The molecule has 24 heavy (non-hydrogen) atoms. The van der Waals surface area contributed by atoms with Gasteiger partial charge in [-0.05, 0) is 38.0 Å². The highest BCUT2D eigenvalue weighted by atomic mass is 16.3. The number of aryl methyl sites for hydroxylation is 2. The minimum Gasteiger partial charge on any atom is -0.459 e.